The van der Waals surface area contributed by atoms with Crippen molar-refractivity contribution in [1.29, 1.82) is 0 Å². The molecule has 116 valence electrons. The number of para-hydroxylation sites is 1. The van der Waals surface area contributed by atoms with Crippen LogP contribution in [-0.2, 0) is 4.74 Å². The molecule has 2 N–H and O–H groups in total. The number of carbonyl (C=O) groups excluding carboxylic acids is 1. The van der Waals surface area contributed by atoms with Gasteiger partial charge < -0.3 is 15.4 Å². The third kappa shape index (κ3) is 3.76. The summed E-state index contributed by atoms with van der Waals surface area (Å²) in [5, 5.41) is 8.95. The van der Waals surface area contributed by atoms with Gasteiger partial charge in [-0.2, -0.15) is 0 Å². The number of thiazole rings is 1. The molecule has 0 aliphatic carbocycles. The highest BCUT2D eigenvalue weighted by Gasteiger charge is 2.18. The summed E-state index contributed by atoms with van der Waals surface area (Å²) in [6, 6.07) is 7.41. The molecule has 1 aromatic heterocycles. The summed E-state index contributed by atoms with van der Waals surface area (Å²) >= 11 is 7.45. The van der Waals surface area contributed by atoms with Crippen LogP contribution < -0.4 is 10.6 Å². The molecule has 1 fully saturated rings. The van der Waals surface area contributed by atoms with Crippen molar-refractivity contribution in [2.45, 2.75) is 18.9 Å². The summed E-state index contributed by atoms with van der Waals surface area (Å²) in [5.74, 6) is -0.182. The van der Waals surface area contributed by atoms with Gasteiger partial charge in [0.1, 0.15) is 5.69 Å². The topological polar surface area (TPSA) is 63.2 Å². The van der Waals surface area contributed by atoms with Gasteiger partial charge in [-0.25, -0.2) is 4.98 Å². The number of amides is 1. The van der Waals surface area contributed by atoms with Crippen LogP contribution in [0.15, 0.2) is 29.6 Å². The fourth-order valence-electron chi connectivity index (χ4n) is 2.22. The van der Waals surface area contributed by atoms with Gasteiger partial charge in [-0.05, 0) is 25.0 Å². The van der Waals surface area contributed by atoms with E-state index in [4.69, 9.17) is 16.3 Å². The minimum Gasteiger partial charge on any atom is -0.376 e. The molecule has 0 spiro atoms. The zero-order valence-corrected chi connectivity index (χ0v) is 13.4. The Morgan fingerprint density at radius 2 is 2.32 bits per heavy atom. The average Bonchev–Trinajstić information content (AvgIpc) is 3.19. The Bertz CT molecular complexity index is 656. The normalized spacial score (nSPS) is 17.4. The SMILES string of the molecule is O=C(NCC1CCCO1)c1csc(Nc2ccccc2Cl)n1. The molecule has 1 aliphatic rings. The molecule has 1 aromatic carbocycles. The minimum atomic E-state index is -0.182. The molecule has 0 bridgehead atoms. The van der Waals surface area contributed by atoms with E-state index in [-0.39, 0.29) is 12.0 Å². The molecule has 2 heterocycles. The van der Waals surface area contributed by atoms with Crippen LogP contribution in [0.4, 0.5) is 10.8 Å². The molecular formula is C15H16ClN3O2S. The van der Waals surface area contributed by atoms with E-state index in [1.54, 1.807) is 11.4 Å². The number of nitrogens with zero attached hydrogens (tertiary/aromatic N) is 1. The number of aromatic nitrogens is 1. The molecule has 1 amide bonds. The van der Waals surface area contributed by atoms with Crippen molar-refractivity contribution >= 4 is 39.7 Å². The van der Waals surface area contributed by atoms with Crippen molar-refractivity contribution in [1.82, 2.24) is 10.3 Å². The predicted molar refractivity (Wildman–Crippen MR) is 88.2 cm³/mol. The van der Waals surface area contributed by atoms with Gasteiger partial charge in [0.25, 0.3) is 5.91 Å². The number of anilines is 2. The molecule has 0 radical (unpaired) electrons. The molecule has 1 unspecified atom stereocenters. The van der Waals surface area contributed by atoms with Crippen LogP contribution in [0.3, 0.4) is 0 Å². The van der Waals surface area contributed by atoms with E-state index in [1.165, 1.54) is 11.3 Å². The fraction of sp³-hybridized carbons (Fsp3) is 0.333. The van der Waals surface area contributed by atoms with Crippen LogP contribution >= 0.6 is 22.9 Å². The molecule has 5 nitrogen and oxygen atoms in total. The molecule has 0 saturated carbocycles. The minimum absolute atomic E-state index is 0.128. The summed E-state index contributed by atoms with van der Waals surface area (Å²) in [6.45, 7) is 1.31. The zero-order valence-electron chi connectivity index (χ0n) is 11.8. The van der Waals surface area contributed by atoms with Gasteiger partial charge in [0.05, 0.1) is 16.8 Å². The lowest BCUT2D eigenvalue weighted by Gasteiger charge is -2.09. The number of carbonyl (C=O) groups is 1. The van der Waals surface area contributed by atoms with E-state index in [1.807, 2.05) is 18.2 Å². The lowest BCUT2D eigenvalue weighted by atomic mass is 10.2. The van der Waals surface area contributed by atoms with Crippen molar-refractivity contribution in [3.63, 3.8) is 0 Å². The molecule has 7 heteroatoms. The molecular weight excluding hydrogens is 322 g/mol. The summed E-state index contributed by atoms with van der Waals surface area (Å²) in [7, 11) is 0. The van der Waals surface area contributed by atoms with Crippen LogP contribution in [0.2, 0.25) is 5.02 Å². The quantitative estimate of drug-likeness (QED) is 0.877. The number of nitrogens with one attached hydrogen (secondary N) is 2. The Kier molecular flexibility index (Phi) is 4.92. The highest BCUT2D eigenvalue weighted by atomic mass is 35.5. The zero-order chi connectivity index (χ0) is 15.4. The molecule has 2 aromatic rings. The Balaban J connectivity index is 1.58. The third-order valence-corrected chi connectivity index (χ3v) is 4.45. The third-order valence-electron chi connectivity index (χ3n) is 3.37. The summed E-state index contributed by atoms with van der Waals surface area (Å²) < 4.78 is 5.48. The fourth-order valence-corrected chi connectivity index (χ4v) is 3.10. The second kappa shape index (κ2) is 7.09. The first-order valence-corrected chi connectivity index (χ1v) is 8.35. The van der Waals surface area contributed by atoms with E-state index >= 15 is 0 Å². The van der Waals surface area contributed by atoms with Crippen LogP contribution in [-0.4, -0.2) is 30.1 Å². The van der Waals surface area contributed by atoms with Gasteiger partial charge in [0, 0.05) is 18.5 Å². The number of halogens is 1. The van der Waals surface area contributed by atoms with Gasteiger partial charge in [-0.3, -0.25) is 4.79 Å². The van der Waals surface area contributed by atoms with Crippen LogP contribution in [0.5, 0.6) is 0 Å². The monoisotopic (exact) mass is 337 g/mol. The van der Waals surface area contributed by atoms with E-state index in [0.717, 1.165) is 25.1 Å². The van der Waals surface area contributed by atoms with E-state index in [0.29, 0.717) is 22.4 Å². The number of rotatable bonds is 5. The highest BCUT2D eigenvalue weighted by molar-refractivity contribution is 7.14. The van der Waals surface area contributed by atoms with E-state index in [2.05, 4.69) is 15.6 Å². The second-order valence-corrected chi connectivity index (χ2v) is 6.25. The standard InChI is InChI=1S/C15H16ClN3O2S/c16-11-5-1-2-6-12(11)18-15-19-13(9-22-15)14(20)17-8-10-4-3-7-21-10/h1-2,5-6,9-10H,3-4,7-8H2,(H,17,20)(H,18,19). The Morgan fingerprint density at radius 3 is 3.09 bits per heavy atom. The number of ether oxygens (including phenoxy) is 1. The summed E-state index contributed by atoms with van der Waals surface area (Å²) in [6.07, 6.45) is 2.18. The van der Waals surface area contributed by atoms with Gasteiger partial charge in [0.15, 0.2) is 5.13 Å². The maximum Gasteiger partial charge on any atom is 0.270 e. The van der Waals surface area contributed by atoms with Crippen molar-refractivity contribution < 1.29 is 9.53 Å². The van der Waals surface area contributed by atoms with Crippen molar-refractivity contribution in [3.8, 4) is 0 Å². The van der Waals surface area contributed by atoms with Crippen molar-refractivity contribution in [3.05, 3.63) is 40.4 Å². The molecule has 1 atom stereocenters. The van der Waals surface area contributed by atoms with Gasteiger partial charge in [-0.15, -0.1) is 11.3 Å². The molecule has 3 rings (SSSR count). The van der Waals surface area contributed by atoms with Crippen LogP contribution in [0, 0.1) is 0 Å². The number of hydrogen-bond acceptors (Lipinski definition) is 5. The Hall–Kier alpha value is -1.63. The maximum absolute atomic E-state index is 12.1. The number of benzene rings is 1. The lowest BCUT2D eigenvalue weighted by Crippen LogP contribution is -2.31. The van der Waals surface area contributed by atoms with Crippen LogP contribution in [0.1, 0.15) is 23.3 Å². The van der Waals surface area contributed by atoms with Crippen LogP contribution in [0.25, 0.3) is 0 Å². The smallest absolute Gasteiger partial charge is 0.270 e. The highest BCUT2D eigenvalue weighted by Crippen LogP contribution is 2.26. The first-order chi connectivity index (χ1) is 10.7. The lowest BCUT2D eigenvalue weighted by molar-refractivity contribution is 0.0854. The van der Waals surface area contributed by atoms with Gasteiger partial charge in [0.2, 0.25) is 0 Å². The molecule has 22 heavy (non-hydrogen) atoms. The largest absolute Gasteiger partial charge is 0.376 e. The predicted octanol–water partition coefficient (Wildman–Crippen LogP) is 3.45. The van der Waals surface area contributed by atoms with Gasteiger partial charge >= 0.3 is 0 Å². The first-order valence-electron chi connectivity index (χ1n) is 7.09. The first kappa shape index (κ1) is 15.3. The second-order valence-electron chi connectivity index (χ2n) is 4.99. The van der Waals surface area contributed by atoms with E-state index in [9.17, 15) is 4.79 Å². The maximum atomic E-state index is 12.1. The Labute approximate surface area is 137 Å². The molecule has 1 saturated heterocycles. The summed E-state index contributed by atoms with van der Waals surface area (Å²) in [5.41, 5.74) is 1.17. The van der Waals surface area contributed by atoms with Gasteiger partial charge in [-0.1, -0.05) is 23.7 Å². The number of hydrogen-bond donors (Lipinski definition) is 2. The molecule has 1 aliphatic heterocycles. The van der Waals surface area contributed by atoms with E-state index < -0.39 is 0 Å². The average molecular weight is 338 g/mol. The van der Waals surface area contributed by atoms with Crippen molar-refractivity contribution in [2.24, 2.45) is 0 Å². The summed E-state index contributed by atoms with van der Waals surface area (Å²) in [4.78, 5) is 16.3. The van der Waals surface area contributed by atoms with Crippen molar-refractivity contribution in [2.75, 3.05) is 18.5 Å². The Morgan fingerprint density at radius 1 is 1.45 bits per heavy atom.